The highest BCUT2D eigenvalue weighted by Gasteiger charge is 2.69. The Labute approximate surface area is 210 Å². The summed E-state index contributed by atoms with van der Waals surface area (Å²) >= 11 is 0. The Kier molecular flexibility index (Phi) is 5.16. The highest BCUT2D eigenvalue weighted by atomic mass is 16.4. The molecule has 1 saturated heterocycles. The summed E-state index contributed by atoms with van der Waals surface area (Å²) in [6, 6.07) is 0. The van der Waals surface area contributed by atoms with E-state index in [1.807, 2.05) is 13.0 Å². The SMILES string of the molecule is CC1(C)NC(=O)CC[C@]2(C)[C@H]3C(=O)C=C4[C@@H]5C[C@@](C)(C(=O)O)CC[C@]5(C)CC[C@@]4(C)[C@]3(C)CC[C@@H]12. The number of amides is 1. The van der Waals surface area contributed by atoms with E-state index in [1.165, 1.54) is 5.57 Å². The largest absolute Gasteiger partial charge is 0.481 e. The van der Waals surface area contributed by atoms with Crippen LogP contribution in [0.15, 0.2) is 11.6 Å². The predicted molar refractivity (Wildman–Crippen MR) is 136 cm³/mol. The summed E-state index contributed by atoms with van der Waals surface area (Å²) < 4.78 is 0. The van der Waals surface area contributed by atoms with E-state index >= 15 is 0 Å². The number of ketones is 1. The maximum absolute atomic E-state index is 14.3. The molecule has 5 heteroatoms. The van der Waals surface area contributed by atoms with Gasteiger partial charge in [-0.1, -0.05) is 33.3 Å². The first-order valence-electron chi connectivity index (χ1n) is 13.8. The van der Waals surface area contributed by atoms with Gasteiger partial charge in [0.2, 0.25) is 5.91 Å². The zero-order chi connectivity index (χ0) is 25.8. The fraction of sp³-hybridized carbons (Fsp3) is 0.833. The van der Waals surface area contributed by atoms with E-state index in [1.54, 1.807) is 0 Å². The van der Waals surface area contributed by atoms with Crippen molar-refractivity contribution in [1.82, 2.24) is 5.32 Å². The minimum Gasteiger partial charge on any atom is -0.481 e. The van der Waals surface area contributed by atoms with Crippen LogP contribution in [0, 0.1) is 44.8 Å². The average Bonchev–Trinajstić information content (AvgIpc) is 2.83. The highest BCUT2D eigenvalue weighted by molar-refractivity contribution is 5.96. The van der Waals surface area contributed by atoms with Gasteiger partial charge in [0.1, 0.15) is 0 Å². The number of hydrogen-bond acceptors (Lipinski definition) is 3. The van der Waals surface area contributed by atoms with Crippen molar-refractivity contribution in [2.45, 2.75) is 112 Å². The zero-order valence-corrected chi connectivity index (χ0v) is 22.8. The molecule has 0 radical (unpaired) electrons. The molecule has 1 heterocycles. The third kappa shape index (κ3) is 3.14. The molecule has 4 aliphatic carbocycles. The second kappa shape index (κ2) is 7.22. The Morgan fingerprint density at radius 2 is 1.60 bits per heavy atom. The maximum atomic E-state index is 14.3. The molecule has 4 fully saturated rings. The quantitative estimate of drug-likeness (QED) is 0.485. The van der Waals surface area contributed by atoms with E-state index < -0.39 is 11.4 Å². The number of carbonyl (C=O) groups excluding carboxylic acids is 2. The fourth-order valence-corrected chi connectivity index (χ4v) is 10.2. The maximum Gasteiger partial charge on any atom is 0.309 e. The van der Waals surface area contributed by atoms with Crippen molar-refractivity contribution in [3.8, 4) is 0 Å². The van der Waals surface area contributed by atoms with Crippen molar-refractivity contribution >= 4 is 17.7 Å². The van der Waals surface area contributed by atoms with Crippen molar-refractivity contribution in [3.63, 3.8) is 0 Å². The summed E-state index contributed by atoms with van der Waals surface area (Å²) in [6.45, 7) is 15.6. The van der Waals surface area contributed by atoms with Crippen molar-refractivity contribution in [2.75, 3.05) is 0 Å². The van der Waals surface area contributed by atoms with Crippen LogP contribution in [0.25, 0.3) is 0 Å². The van der Waals surface area contributed by atoms with E-state index in [2.05, 4.69) is 46.9 Å². The third-order valence-corrected chi connectivity index (χ3v) is 12.6. The molecule has 0 unspecified atom stereocenters. The first kappa shape index (κ1) is 25.0. The molecular formula is C30H45NO4. The average molecular weight is 484 g/mol. The number of carboxylic acids is 1. The molecule has 0 spiro atoms. The predicted octanol–water partition coefficient (Wildman–Crippen LogP) is 5.92. The summed E-state index contributed by atoms with van der Waals surface area (Å²) in [6.07, 6.45) is 9.56. The summed E-state index contributed by atoms with van der Waals surface area (Å²) in [4.78, 5) is 39.2. The molecular weight excluding hydrogens is 438 g/mol. The molecule has 5 rings (SSSR count). The van der Waals surface area contributed by atoms with Gasteiger partial charge in [-0.25, -0.2) is 0 Å². The molecule has 8 atom stereocenters. The van der Waals surface area contributed by atoms with Crippen LogP contribution in [0.5, 0.6) is 0 Å². The second-order valence-corrected chi connectivity index (χ2v) is 14.8. The van der Waals surface area contributed by atoms with Crippen molar-refractivity contribution in [2.24, 2.45) is 44.8 Å². The highest BCUT2D eigenvalue weighted by Crippen LogP contribution is 2.73. The van der Waals surface area contributed by atoms with Crippen LogP contribution in [0.3, 0.4) is 0 Å². The molecule has 194 valence electrons. The van der Waals surface area contributed by atoms with Gasteiger partial charge in [0, 0.05) is 17.9 Å². The van der Waals surface area contributed by atoms with Gasteiger partial charge >= 0.3 is 5.97 Å². The lowest BCUT2D eigenvalue weighted by Gasteiger charge is -2.68. The van der Waals surface area contributed by atoms with Crippen LogP contribution in [-0.4, -0.2) is 28.3 Å². The Morgan fingerprint density at radius 3 is 2.26 bits per heavy atom. The van der Waals surface area contributed by atoms with Gasteiger partial charge in [-0.15, -0.1) is 0 Å². The molecule has 5 nitrogen and oxygen atoms in total. The Balaban J connectivity index is 1.63. The van der Waals surface area contributed by atoms with Gasteiger partial charge < -0.3 is 10.4 Å². The smallest absolute Gasteiger partial charge is 0.309 e. The first-order valence-corrected chi connectivity index (χ1v) is 13.8. The number of carbonyl (C=O) groups is 3. The molecule has 0 aromatic heterocycles. The number of hydrogen-bond donors (Lipinski definition) is 2. The van der Waals surface area contributed by atoms with Gasteiger partial charge in [-0.3, -0.25) is 14.4 Å². The van der Waals surface area contributed by atoms with E-state index in [0.717, 1.165) is 38.5 Å². The summed E-state index contributed by atoms with van der Waals surface area (Å²) in [5.74, 6) is -0.110. The monoisotopic (exact) mass is 483 g/mol. The minimum atomic E-state index is -0.731. The number of nitrogens with one attached hydrogen (secondary N) is 1. The lowest BCUT2D eigenvalue weighted by Crippen LogP contribution is -2.66. The number of fused-ring (bicyclic) bond motifs is 7. The molecule has 5 aliphatic rings. The normalized spacial score (nSPS) is 50.9. The van der Waals surface area contributed by atoms with E-state index in [-0.39, 0.29) is 56.6 Å². The van der Waals surface area contributed by atoms with Gasteiger partial charge in [0.05, 0.1) is 5.41 Å². The second-order valence-electron chi connectivity index (χ2n) is 14.8. The molecule has 0 aromatic carbocycles. The van der Waals surface area contributed by atoms with Crippen LogP contribution < -0.4 is 5.32 Å². The molecule has 0 bridgehead atoms. The third-order valence-electron chi connectivity index (χ3n) is 12.6. The van der Waals surface area contributed by atoms with Gasteiger partial charge in [0.15, 0.2) is 5.78 Å². The van der Waals surface area contributed by atoms with Gasteiger partial charge in [-0.05, 0) is 112 Å². The summed E-state index contributed by atoms with van der Waals surface area (Å²) in [5.41, 5.74) is -0.342. The van der Waals surface area contributed by atoms with Gasteiger partial charge in [0.25, 0.3) is 0 Å². The number of aliphatic carboxylic acids is 1. The lowest BCUT2D eigenvalue weighted by atomic mass is 9.35. The lowest BCUT2D eigenvalue weighted by molar-refractivity contribution is -0.172. The fourth-order valence-electron chi connectivity index (χ4n) is 10.2. The molecule has 35 heavy (non-hydrogen) atoms. The topological polar surface area (TPSA) is 83.5 Å². The Morgan fingerprint density at radius 1 is 0.943 bits per heavy atom. The Bertz CT molecular complexity index is 1030. The molecule has 2 N–H and O–H groups in total. The van der Waals surface area contributed by atoms with Crippen LogP contribution in [0.2, 0.25) is 0 Å². The van der Waals surface area contributed by atoms with E-state index in [4.69, 9.17) is 0 Å². The molecule has 1 amide bonds. The van der Waals surface area contributed by atoms with Crippen molar-refractivity contribution in [1.29, 1.82) is 0 Å². The summed E-state index contributed by atoms with van der Waals surface area (Å²) in [7, 11) is 0. The van der Waals surface area contributed by atoms with E-state index in [0.29, 0.717) is 19.3 Å². The molecule has 3 saturated carbocycles. The number of rotatable bonds is 1. The van der Waals surface area contributed by atoms with Crippen molar-refractivity contribution < 1.29 is 19.5 Å². The van der Waals surface area contributed by atoms with Crippen LogP contribution in [0.4, 0.5) is 0 Å². The molecule has 0 aromatic rings. The standard InChI is InChI=1S/C30H45NO4/c1-25(2)21-8-11-30(7)23(28(21,5)10-9-22(33)31-25)20(32)16-18-19-17-27(4,24(34)35)13-12-26(19,3)14-15-29(18,30)6/h16,19,21,23H,8-15,17H2,1-7H3,(H,31,33)(H,34,35)/t19-,21-,23+,26+,27-,28-,29+,30+/m0/s1. The Hall–Kier alpha value is -1.65. The van der Waals surface area contributed by atoms with Crippen LogP contribution in [0.1, 0.15) is 106 Å². The number of allylic oxidation sites excluding steroid dienone is 2. The van der Waals surface area contributed by atoms with Crippen LogP contribution >= 0.6 is 0 Å². The minimum absolute atomic E-state index is 0.0610. The zero-order valence-electron chi connectivity index (χ0n) is 22.8. The summed E-state index contributed by atoms with van der Waals surface area (Å²) in [5, 5.41) is 13.3. The molecule has 1 aliphatic heterocycles. The first-order chi connectivity index (χ1) is 16.0. The number of carboxylic acid groups (broad SMARTS) is 1. The van der Waals surface area contributed by atoms with Crippen LogP contribution in [-0.2, 0) is 14.4 Å². The van der Waals surface area contributed by atoms with Gasteiger partial charge in [-0.2, -0.15) is 0 Å². The van der Waals surface area contributed by atoms with Crippen molar-refractivity contribution in [3.05, 3.63) is 11.6 Å². The van der Waals surface area contributed by atoms with E-state index in [9.17, 15) is 19.5 Å².